The quantitative estimate of drug-likeness (QED) is 0.267. The largest absolute Gasteiger partial charge is 0.353 e. The van der Waals surface area contributed by atoms with Gasteiger partial charge in [-0.2, -0.15) is 0 Å². The van der Waals surface area contributed by atoms with Gasteiger partial charge < -0.3 is 16.0 Å². The highest BCUT2D eigenvalue weighted by molar-refractivity contribution is 14.0. The van der Waals surface area contributed by atoms with Crippen molar-refractivity contribution in [3.8, 4) is 0 Å². The number of rotatable bonds is 5. The van der Waals surface area contributed by atoms with E-state index in [0.29, 0.717) is 12.6 Å². The number of carbonyl (C=O) groups is 1. The zero-order valence-electron chi connectivity index (χ0n) is 15.3. The molecule has 0 saturated heterocycles. The van der Waals surface area contributed by atoms with Crippen molar-refractivity contribution in [2.45, 2.75) is 51.1 Å². The predicted octanol–water partition coefficient (Wildman–Crippen LogP) is 3.82. The van der Waals surface area contributed by atoms with Crippen molar-refractivity contribution < 1.29 is 4.79 Å². The first-order valence-corrected chi connectivity index (χ1v) is 9.26. The van der Waals surface area contributed by atoms with Gasteiger partial charge in [-0.25, -0.2) is 0 Å². The smallest absolute Gasteiger partial charge is 0.227 e. The second-order valence-electron chi connectivity index (χ2n) is 6.88. The summed E-state index contributed by atoms with van der Waals surface area (Å²) in [6, 6.07) is 8.46. The number of carbonyl (C=O) groups excluding carboxylic acids is 1. The van der Waals surface area contributed by atoms with Crippen LogP contribution in [0.3, 0.4) is 0 Å². The molecule has 0 spiro atoms. The SMILES string of the molecule is CN=C(NCc1cccc(NC(=O)C2CCCC2)c1)NC1CC=CC1.I. The molecule has 1 amide bonds. The molecule has 0 aromatic heterocycles. The minimum atomic E-state index is 0. The van der Waals surface area contributed by atoms with Crippen LogP contribution in [0.15, 0.2) is 41.4 Å². The molecule has 0 atom stereocenters. The fraction of sp³-hybridized carbons (Fsp3) is 0.500. The van der Waals surface area contributed by atoms with E-state index in [2.05, 4.69) is 39.2 Å². The molecule has 142 valence electrons. The van der Waals surface area contributed by atoms with E-state index in [1.165, 1.54) is 12.8 Å². The van der Waals surface area contributed by atoms with Crippen LogP contribution >= 0.6 is 24.0 Å². The second kappa shape index (κ2) is 10.5. The molecule has 5 nitrogen and oxygen atoms in total. The van der Waals surface area contributed by atoms with E-state index in [0.717, 1.165) is 42.9 Å². The summed E-state index contributed by atoms with van der Waals surface area (Å²) < 4.78 is 0. The fourth-order valence-corrected chi connectivity index (χ4v) is 3.50. The molecule has 6 heteroatoms. The Hall–Kier alpha value is -1.57. The lowest BCUT2D eigenvalue weighted by molar-refractivity contribution is -0.119. The van der Waals surface area contributed by atoms with Crippen molar-refractivity contribution in [3.63, 3.8) is 0 Å². The van der Waals surface area contributed by atoms with E-state index in [9.17, 15) is 4.79 Å². The Kier molecular flexibility index (Phi) is 8.41. The summed E-state index contributed by atoms with van der Waals surface area (Å²) in [5, 5.41) is 9.84. The van der Waals surface area contributed by atoms with Crippen LogP contribution in [0.25, 0.3) is 0 Å². The molecule has 1 aromatic rings. The highest BCUT2D eigenvalue weighted by Gasteiger charge is 2.22. The lowest BCUT2D eigenvalue weighted by Gasteiger charge is -2.17. The maximum Gasteiger partial charge on any atom is 0.227 e. The van der Waals surface area contributed by atoms with Gasteiger partial charge in [-0.1, -0.05) is 37.1 Å². The van der Waals surface area contributed by atoms with Gasteiger partial charge in [0.2, 0.25) is 5.91 Å². The van der Waals surface area contributed by atoms with Crippen molar-refractivity contribution in [2.24, 2.45) is 10.9 Å². The Morgan fingerprint density at radius 1 is 1.19 bits per heavy atom. The molecule has 26 heavy (non-hydrogen) atoms. The maximum atomic E-state index is 12.3. The van der Waals surface area contributed by atoms with E-state index in [-0.39, 0.29) is 35.8 Å². The number of nitrogens with one attached hydrogen (secondary N) is 3. The van der Waals surface area contributed by atoms with E-state index in [1.807, 2.05) is 18.2 Å². The van der Waals surface area contributed by atoms with Crippen LogP contribution in [-0.4, -0.2) is 25.0 Å². The zero-order chi connectivity index (χ0) is 17.5. The van der Waals surface area contributed by atoms with Crippen LogP contribution in [0.4, 0.5) is 5.69 Å². The number of guanidine groups is 1. The Balaban J connectivity index is 0.00000243. The van der Waals surface area contributed by atoms with Gasteiger partial charge in [0, 0.05) is 31.2 Å². The molecule has 3 rings (SSSR count). The Labute approximate surface area is 173 Å². The van der Waals surface area contributed by atoms with Crippen LogP contribution in [0.1, 0.15) is 44.1 Å². The second-order valence-corrected chi connectivity index (χ2v) is 6.88. The van der Waals surface area contributed by atoms with Crippen LogP contribution in [0, 0.1) is 5.92 Å². The van der Waals surface area contributed by atoms with Gasteiger partial charge >= 0.3 is 0 Å². The number of hydrogen-bond donors (Lipinski definition) is 3. The molecule has 1 aromatic carbocycles. The van der Waals surface area contributed by atoms with Crippen molar-refractivity contribution in [2.75, 3.05) is 12.4 Å². The lowest BCUT2D eigenvalue weighted by Crippen LogP contribution is -2.42. The molecule has 0 heterocycles. The van der Waals surface area contributed by atoms with Gasteiger partial charge in [-0.05, 0) is 43.4 Å². The highest BCUT2D eigenvalue weighted by Crippen LogP contribution is 2.26. The summed E-state index contributed by atoms with van der Waals surface area (Å²) in [7, 11) is 1.79. The van der Waals surface area contributed by atoms with E-state index < -0.39 is 0 Å². The van der Waals surface area contributed by atoms with E-state index in [1.54, 1.807) is 7.05 Å². The summed E-state index contributed by atoms with van der Waals surface area (Å²) in [6.07, 6.45) is 10.9. The Morgan fingerprint density at radius 3 is 2.62 bits per heavy atom. The molecule has 2 aliphatic rings. The van der Waals surface area contributed by atoms with E-state index in [4.69, 9.17) is 0 Å². The standard InChI is InChI=1S/C20H28N4O.HI/c1-21-20(24-17-10-4-5-11-17)22-14-15-7-6-12-18(13-15)23-19(25)16-8-2-3-9-16;/h4-7,12-13,16-17H,2-3,8-11,14H2,1H3,(H,23,25)(H2,21,22,24);1H. The average molecular weight is 468 g/mol. The van der Waals surface area contributed by atoms with Crippen molar-refractivity contribution in [3.05, 3.63) is 42.0 Å². The molecule has 0 aliphatic heterocycles. The Morgan fingerprint density at radius 2 is 1.92 bits per heavy atom. The molecule has 1 saturated carbocycles. The van der Waals surface area contributed by atoms with Gasteiger partial charge in [0.1, 0.15) is 0 Å². The maximum absolute atomic E-state index is 12.3. The molecular formula is C20H29IN4O. The van der Waals surface area contributed by atoms with Crippen LogP contribution in [0.5, 0.6) is 0 Å². The van der Waals surface area contributed by atoms with Crippen molar-refractivity contribution in [1.29, 1.82) is 0 Å². The lowest BCUT2D eigenvalue weighted by atomic mass is 10.1. The normalized spacial score (nSPS) is 17.8. The summed E-state index contributed by atoms with van der Waals surface area (Å²) >= 11 is 0. The number of anilines is 1. The number of halogens is 1. The summed E-state index contributed by atoms with van der Waals surface area (Å²) in [5.41, 5.74) is 2.00. The predicted molar refractivity (Wildman–Crippen MR) is 118 cm³/mol. The first-order valence-electron chi connectivity index (χ1n) is 9.26. The number of amides is 1. The van der Waals surface area contributed by atoms with Crippen LogP contribution in [0.2, 0.25) is 0 Å². The molecule has 0 unspecified atom stereocenters. The van der Waals surface area contributed by atoms with Gasteiger partial charge in [-0.15, -0.1) is 24.0 Å². The molecule has 0 bridgehead atoms. The van der Waals surface area contributed by atoms with Gasteiger partial charge in [-0.3, -0.25) is 9.79 Å². The van der Waals surface area contributed by atoms with Gasteiger partial charge in [0.25, 0.3) is 0 Å². The topological polar surface area (TPSA) is 65.5 Å². The molecule has 3 N–H and O–H groups in total. The van der Waals surface area contributed by atoms with Crippen LogP contribution in [-0.2, 0) is 11.3 Å². The number of benzene rings is 1. The summed E-state index contributed by atoms with van der Waals surface area (Å²) in [4.78, 5) is 16.6. The first-order chi connectivity index (χ1) is 12.2. The first kappa shape index (κ1) is 20.7. The third-order valence-electron chi connectivity index (χ3n) is 4.95. The number of nitrogens with zero attached hydrogens (tertiary/aromatic N) is 1. The third-order valence-corrected chi connectivity index (χ3v) is 4.95. The van der Waals surface area contributed by atoms with E-state index >= 15 is 0 Å². The van der Waals surface area contributed by atoms with Crippen molar-refractivity contribution in [1.82, 2.24) is 10.6 Å². The average Bonchev–Trinajstić information content (AvgIpc) is 3.32. The molecular weight excluding hydrogens is 439 g/mol. The monoisotopic (exact) mass is 468 g/mol. The number of aliphatic imine (C=N–C) groups is 1. The third kappa shape index (κ3) is 6.00. The van der Waals surface area contributed by atoms with Crippen molar-refractivity contribution >= 4 is 41.5 Å². The minimum Gasteiger partial charge on any atom is -0.353 e. The van der Waals surface area contributed by atoms with Gasteiger partial charge in [0.15, 0.2) is 5.96 Å². The fourth-order valence-electron chi connectivity index (χ4n) is 3.50. The number of hydrogen-bond acceptors (Lipinski definition) is 2. The molecule has 2 aliphatic carbocycles. The summed E-state index contributed by atoms with van der Waals surface area (Å²) in [6.45, 7) is 0.674. The zero-order valence-corrected chi connectivity index (χ0v) is 17.7. The molecule has 0 radical (unpaired) electrons. The van der Waals surface area contributed by atoms with Gasteiger partial charge in [0.05, 0.1) is 0 Å². The summed E-state index contributed by atoms with van der Waals surface area (Å²) in [5.74, 6) is 1.16. The molecule has 1 fully saturated rings. The van der Waals surface area contributed by atoms with Crippen LogP contribution < -0.4 is 16.0 Å². The highest BCUT2D eigenvalue weighted by atomic mass is 127. The minimum absolute atomic E-state index is 0. The Bertz CT molecular complexity index is 645.